The van der Waals surface area contributed by atoms with Gasteiger partial charge in [-0.2, -0.15) is 32.9 Å². The van der Waals surface area contributed by atoms with Gasteiger partial charge in [0.25, 0.3) is 0 Å². The molecule has 1 aliphatic rings. The summed E-state index contributed by atoms with van der Waals surface area (Å²) in [5.74, 6) is -1.78. The number of pyridine rings is 1. The van der Waals surface area contributed by atoms with Gasteiger partial charge in [0.2, 0.25) is 11.9 Å². The molecule has 0 aromatic carbocycles. The van der Waals surface area contributed by atoms with Crippen molar-refractivity contribution in [1.29, 1.82) is 0 Å². The van der Waals surface area contributed by atoms with Gasteiger partial charge in [0, 0.05) is 35.0 Å². The zero-order chi connectivity index (χ0) is 27.5. The van der Waals surface area contributed by atoms with E-state index in [1.54, 1.807) is 6.92 Å². The molecule has 0 bridgehead atoms. The molecule has 0 spiro atoms. The Balaban J connectivity index is 1.37. The number of nitrogens with one attached hydrogen (secondary N) is 1. The molecule has 200 valence electrons. The van der Waals surface area contributed by atoms with Crippen LogP contribution in [0.4, 0.5) is 23.2 Å². The van der Waals surface area contributed by atoms with Crippen LogP contribution in [0.15, 0.2) is 49.3 Å². The van der Waals surface area contributed by atoms with Crippen molar-refractivity contribution in [2.24, 2.45) is 0 Å². The molecular formula is C23H17ClF4N10O. The molecule has 1 amide bonds. The summed E-state index contributed by atoms with van der Waals surface area (Å²) >= 11 is 6.33. The van der Waals surface area contributed by atoms with Gasteiger partial charge in [0.05, 0.1) is 47.1 Å². The highest BCUT2D eigenvalue weighted by Gasteiger charge is 2.48. The SMILES string of the molecule is C[C@]1(c2cnn(CC(F)(F)F)c2)C[C@H](C(=O)Nc2cnc(-n3nccn3)c(Cl)c2)c2cnc3cc(F)nn3c21. The van der Waals surface area contributed by atoms with Gasteiger partial charge in [-0.05, 0) is 19.4 Å². The minimum atomic E-state index is -4.47. The van der Waals surface area contributed by atoms with E-state index in [9.17, 15) is 22.4 Å². The number of alkyl halides is 3. The van der Waals surface area contributed by atoms with E-state index in [4.69, 9.17) is 11.6 Å². The van der Waals surface area contributed by atoms with Gasteiger partial charge in [-0.15, -0.1) is 9.90 Å². The summed E-state index contributed by atoms with van der Waals surface area (Å²) < 4.78 is 55.1. The number of carbonyl (C=O) groups excluding carboxylic acids is 1. The Morgan fingerprint density at radius 2 is 1.92 bits per heavy atom. The smallest absolute Gasteiger partial charge is 0.324 e. The fourth-order valence-electron chi connectivity index (χ4n) is 4.95. The van der Waals surface area contributed by atoms with Gasteiger partial charge in [-0.3, -0.25) is 9.48 Å². The average Bonchev–Trinajstić information content (AvgIpc) is 3.64. The number of hydrogen-bond donors (Lipinski definition) is 1. The van der Waals surface area contributed by atoms with Crippen molar-refractivity contribution in [3.8, 4) is 5.82 Å². The number of fused-ring (bicyclic) bond motifs is 3. The van der Waals surface area contributed by atoms with Crippen molar-refractivity contribution in [3.63, 3.8) is 0 Å². The molecular weight excluding hydrogens is 544 g/mol. The maximum absolute atomic E-state index is 14.1. The van der Waals surface area contributed by atoms with Gasteiger partial charge in [0.15, 0.2) is 11.5 Å². The topological polar surface area (TPSA) is 121 Å². The molecule has 0 fully saturated rings. The molecule has 1 aliphatic carbocycles. The number of carbonyl (C=O) groups is 1. The van der Waals surface area contributed by atoms with E-state index in [2.05, 4.69) is 35.7 Å². The minimum Gasteiger partial charge on any atom is -0.324 e. The number of halogens is 5. The first-order valence-corrected chi connectivity index (χ1v) is 11.9. The summed E-state index contributed by atoms with van der Waals surface area (Å²) in [5.41, 5.74) is 0.734. The van der Waals surface area contributed by atoms with E-state index in [1.807, 2.05) is 0 Å². The van der Waals surface area contributed by atoms with E-state index in [-0.39, 0.29) is 22.9 Å². The zero-order valence-electron chi connectivity index (χ0n) is 19.9. The molecule has 0 saturated carbocycles. The lowest BCUT2D eigenvalue weighted by Crippen LogP contribution is -2.25. The lowest BCUT2D eigenvalue weighted by molar-refractivity contribution is -0.142. The number of hydrogen-bond acceptors (Lipinski definition) is 7. The Labute approximate surface area is 221 Å². The summed E-state index contributed by atoms with van der Waals surface area (Å²) in [6.07, 6.45) is 4.02. The number of amides is 1. The molecule has 0 aliphatic heterocycles. The van der Waals surface area contributed by atoms with Crippen LogP contribution in [-0.4, -0.2) is 56.4 Å². The number of nitrogens with zero attached hydrogens (tertiary/aromatic N) is 9. The van der Waals surface area contributed by atoms with Crippen molar-refractivity contribution in [3.05, 3.63) is 77.1 Å². The summed E-state index contributed by atoms with van der Waals surface area (Å²) in [7, 11) is 0. The summed E-state index contributed by atoms with van der Waals surface area (Å²) in [4.78, 5) is 23.2. The van der Waals surface area contributed by atoms with Gasteiger partial charge in [-0.25, -0.2) is 14.5 Å². The Morgan fingerprint density at radius 3 is 2.64 bits per heavy atom. The Hall–Kier alpha value is -4.40. The number of anilines is 1. The normalized spacial score (nSPS) is 19.0. The van der Waals surface area contributed by atoms with Crippen LogP contribution < -0.4 is 5.32 Å². The zero-order valence-corrected chi connectivity index (χ0v) is 20.7. The highest BCUT2D eigenvalue weighted by atomic mass is 35.5. The third-order valence-electron chi connectivity index (χ3n) is 6.62. The fraction of sp³-hybridized carbons (Fsp3) is 0.261. The first-order chi connectivity index (χ1) is 18.5. The van der Waals surface area contributed by atoms with Crippen LogP contribution in [-0.2, 0) is 16.8 Å². The predicted octanol–water partition coefficient (Wildman–Crippen LogP) is 3.69. The minimum absolute atomic E-state index is 0.130. The van der Waals surface area contributed by atoms with Gasteiger partial charge >= 0.3 is 6.18 Å². The van der Waals surface area contributed by atoms with E-state index in [0.29, 0.717) is 22.5 Å². The summed E-state index contributed by atoms with van der Waals surface area (Å²) in [6.45, 7) is 0.469. The number of rotatable bonds is 5. The molecule has 5 aromatic rings. The molecule has 2 atom stereocenters. The van der Waals surface area contributed by atoms with Crippen molar-refractivity contribution >= 4 is 28.8 Å². The second kappa shape index (κ2) is 8.83. The monoisotopic (exact) mass is 560 g/mol. The van der Waals surface area contributed by atoms with Crippen molar-refractivity contribution in [2.75, 3.05) is 5.32 Å². The Morgan fingerprint density at radius 1 is 1.15 bits per heavy atom. The molecule has 1 N–H and O–H groups in total. The molecule has 11 nitrogen and oxygen atoms in total. The summed E-state index contributed by atoms with van der Waals surface area (Å²) in [5, 5.41) is 18.7. The molecule has 6 rings (SSSR count). The van der Waals surface area contributed by atoms with Crippen LogP contribution >= 0.6 is 11.6 Å². The van der Waals surface area contributed by atoms with Gasteiger partial charge < -0.3 is 5.32 Å². The first kappa shape index (κ1) is 24.9. The van der Waals surface area contributed by atoms with E-state index in [0.717, 1.165) is 10.7 Å². The van der Waals surface area contributed by atoms with E-state index in [1.165, 1.54) is 52.6 Å². The highest BCUT2D eigenvalue weighted by molar-refractivity contribution is 6.32. The van der Waals surface area contributed by atoms with E-state index < -0.39 is 35.9 Å². The van der Waals surface area contributed by atoms with Gasteiger partial charge in [0.1, 0.15) is 6.54 Å². The second-order valence-electron chi connectivity index (χ2n) is 9.27. The molecule has 39 heavy (non-hydrogen) atoms. The third-order valence-corrected chi connectivity index (χ3v) is 6.90. The van der Waals surface area contributed by atoms with Crippen LogP contribution in [0.2, 0.25) is 5.02 Å². The molecule has 5 aromatic heterocycles. The number of aromatic nitrogens is 9. The molecule has 0 saturated heterocycles. The van der Waals surface area contributed by atoms with Crippen molar-refractivity contribution in [1.82, 2.24) is 44.4 Å². The molecule has 0 unspecified atom stereocenters. The maximum atomic E-state index is 14.1. The van der Waals surface area contributed by atoms with Crippen LogP contribution in [0.1, 0.15) is 36.1 Å². The van der Waals surface area contributed by atoms with Crippen LogP contribution in [0.25, 0.3) is 11.5 Å². The van der Waals surface area contributed by atoms with Crippen LogP contribution in [0.5, 0.6) is 0 Å². The van der Waals surface area contributed by atoms with Gasteiger partial charge in [-0.1, -0.05) is 11.6 Å². The van der Waals surface area contributed by atoms with Crippen LogP contribution in [0.3, 0.4) is 0 Å². The third kappa shape index (κ3) is 4.37. The average molecular weight is 561 g/mol. The molecule has 16 heteroatoms. The first-order valence-electron chi connectivity index (χ1n) is 11.5. The standard InChI is InChI=1S/C23H17ClF4N10O/c1-22(12-7-33-36(10-12)11-23(26,27)28)6-14(15-9-29-18-5-17(25)35-37(18)19(15)22)21(39)34-13-4-16(24)20(30-8-13)38-31-2-3-32-38/h2-5,7-10,14H,6,11H2,1H3,(H,34,39)/t14-,22+/m0/s1. The highest BCUT2D eigenvalue weighted by Crippen LogP contribution is 2.50. The largest absolute Gasteiger partial charge is 0.408 e. The second-order valence-corrected chi connectivity index (χ2v) is 9.67. The maximum Gasteiger partial charge on any atom is 0.408 e. The quantitative estimate of drug-likeness (QED) is 0.325. The van der Waals surface area contributed by atoms with E-state index >= 15 is 0 Å². The molecule has 0 radical (unpaired) electrons. The summed E-state index contributed by atoms with van der Waals surface area (Å²) in [6, 6.07) is 2.62. The lowest BCUT2D eigenvalue weighted by Gasteiger charge is -2.24. The Bertz CT molecular complexity index is 1710. The van der Waals surface area contributed by atoms with Crippen molar-refractivity contribution in [2.45, 2.75) is 37.4 Å². The van der Waals surface area contributed by atoms with Crippen molar-refractivity contribution < 1.29 is 22.4 Å². The Kier molecular flexibility index (Phi) is 5.64. The lowest BCUT2D eigenvalue weighted by atomic mass is 9.80. The molecule has 5 heterocycles. The predicted molar refractivity (Wildman–Crippen MR) is 128 cm³/mol. The van der Waals surface area contributed by atoms with Crippen LogP contribution in [0, 0.1) is 5.95 Å². The fourth-order valence-corrected chi connectivity index (χ4v) is 5.19.